The molecule has 90 valence electrons. The van der Waals surface area contributed by atoms with E-state index in [1.54, 1.807) is 11.7 Å². The predicted molar refractivity (Wildman–Crippen MR) is 64.5 cm³/mol. The minimum Gasteiger partial charge on any atom is -0.339 e. The van der Waals surface area contributed by atoms with Crippen LogP contribution in [0, 0.1) is 0 Å². The minimum atomic E-state index is -0.141. The molecule has 5 nitrogen and oxygen atoms in total. The summed E-state index contributed by atoms with van der Waals surface area (Å²) in [7, 11) is 0. The van der Waals surface area contributed by atoms with Crippen molar-refractivity contribution < 1.29 is 4.52 Å². The lowest BCUT2D eigenvalue weighted by molar-refractivity contribution is 0.329. The van der Waals surface area contributed by atoms with Gasteiger partial charge in [0.2, 0.25) is 11.7 Å². The molecule has 2 N–H and O–H groups in total. The Kier molecular flexibility index (Phi) is 2.68. The van der Waals surface area contributed by atoms with Crippen LogP contribution in [-0.2, 0) is 6.42 Å². The quantitative estimate of drug-likeness (QED) is 0.901. The fourth-order valence-electron chi connectivity index (χ4n) is 2.31. The molecule has 2 aromatic heterocycles. The fraction of sp³-hybridized carbons (Fsp3) is 0.545. The number of nitrogens with zero attached hydrogens (tertiary/aromatic N) is 3. The largest absolute Gasteiger partial charge is 0.339 e. The highest BCUT2D eigenvalue weighted by molar-refractivity contribution is 7.13. The van der Waals surface area contributed by atoms with Crippen molar-refractivity contribution >= 4 is 11.3 Å². The summed E-state index contributed by atoms with van der Waals surface area (Å²) in [5, 5.41) is 3.96. The van der Waals surface area contributed by atoms with Gasteiger partial charge in [0.25, 0.3) is 0 Å². The zero-order valence-corrected chi connectivity index (χ0v) is 10.2. The van der Waals surface area contributed by atoms with Crippen LogP contribution in [0.15, 0.2) is 16.2 Å². The van der Waals surface area contributed by atoms with Gasteiger partial charge in [-0.25, -0.2) is 0 Å². The van der Waals surface area contributed by atoms with Gasteiger partial charge in [0, 0.05) is 18.2 Å². The lowest BCUT2D eigenvalue weighted by Gasteiger charge is -2.20. The lowest BCUT2D eigenvalue weighted by Crippen LogP contribution is -2.38. The van der Waals surface area contributed by atoms with Gasteiger partial charge in [-0.15, -0.1) is 11.3 Å². The molecule has 1 saturated carbocycles. The summed E-state index contributed by atoms with van der Waals surface area (Å²) in [6.07, 6.45) is 6.92. The fourth-order valence-corrected chi connectivity index (χ4v) is 2.86. The van der Waals surface area contributed by atoms with Crippen molar-refractivity contribution in [2.75, 3.05) is 0 Å². The van der Waals surface area contributed by atoms with Crippen molar-refractivity contribution in [1.82, 2.24) is 15.1 Å². The normalized spacial score (nSPS) is 18.6. The lowest BCUT2D eigenvalue weighted by atomic mass is 9.95. The first-order valence-corrected chi connectivity index (χ1v) is 6.63. The highest BCUT2D eigenvalue weighted by Gasteiger charge is 2.31. The van der Waals surface area contributed by atoms with E-state index in [-0.39, 0.29) is 5.54 Å². The molecule has 0 radical (unpaired) electrons. The van der Waals surface area contributed by atoms with E-state index >= 15 is 0 Å². The molecule has 2 heterocycles. The van der Waals surface area contributed by atoms with Gasteiger partial charge in [-0.3, -0.25) is 4.98 Å². The highest BCUT2D eigenvalue weighted by Crippen LogP contribution is 2.30. The number of rotatable bonds is 3. The monoisotopic (exact) mass is 250 g/mol. The molecule has 0 bridgehead atoms. The smallest absolute Gasteiger partial charge is 0.228 e. The summed E-state index contributed by atoms with van der Waals surface area (Å²) in [6, 6.07) is 0. The summed E-state index contributed by atoms with van der Waals surface area (Å²) in [5.41, 5.74) is 7.90. The van der Waals surface area contributed by atoms with Gasteiger partial charge in [-0.05, 0) is 12.8 Å². The first-order valence-electron chi connectivity index (χ1n) is 5.76. The van der Waals surface area contributed by atoms with Crippen LogP contribution in [0.4, 0.5) is 0 Å². The van der Waals surface area contributed by atoms with Crippen molar-refractivity contribution in [1.29, 1.82) is 0 Å². The predicted octanol–water partition coefficient (Wildman–Crippen LogP) is 2.01. The molecule has 2 aromatic rings. The van der Waals surface area contributed by atoms with E-state index in [1.165, 1.54) is 24.2 Å². The molecule has 3 rings (SSSR count). The van der Waals surface area contributed by atoms with Crippen LogP contribution < -0.4 is 5.73 Å². The third kappa shape index (κ3) is 2.23. The Morgan fingerprint density at radius 1 is 1.41 bits per heavy atom. The van der Waals surface area contributed by atoms with E-state index in [0.717, 1.165) is 17.7 Å². The topological polar surface area (TPSA) is 77.8 Å². The Balaban J connectivity index is 1.77. The van der Waals surface area contributed by atoms with Crippen molar-refractivity contribution in [2.45, 2.75) is 37.6 Å². The van der Waals surface area contributed by atoms with Gasteiger partial charge in [0.15, 0.2) is 0 Å². The summed E-state index contributed by atoms with van der Waals surface area (Å²) in [5.74, 6) is 1.25. The van der Waals surface area contributed by atoms with Gasteiger partial charge in [0.1, 0.15) is 0 Å². The van der Waals surface area contributed by atoms with Crippen molar-refractivity contribution in [3.8, 4) is 10.7 Å². The molecule has 1 aliphatic carbocycles. The van der Waals surface area contributed by atoms with Crippen LogP contribution in [0.25, 0.3) is 10.7 Å². The Hall–Kier alpha value is -1.27. The maximum absolute atomic E-state index is 6.28. The van der Waals surface area contributed by atoms with Gasteiger partial charge in [0.05, 0.1) is 10.4 Å². The Bertz CT molecular complexity index is 487. The maximum Gasteiger partial charge on any atom is 0.228 e. The molecular formula is C11H14N4OS. The van der Waals surface area contributed by atoms with Gasteiger partial charge < -0.3 is 10.3 Å². The number of aromatic nitrogens is 3. The number of hydrogen-bond donors (Lipinski definition) is 1. The van der Waals surface area contributed by atoms with Crippen LogP contribution in [-0.4, -0.2) is 20.7 Å². The summed E-state index contributed by atoms with van der Waals surface area (Å²) < 4.78 is 5.25. The van der Waals surface area contributed by atoms with E-state index in [2.05, 4.69) is 15.1 Å². The molecule has 1 fully saturated rings. The van der Waals surface area contributed by atoms with E-state index < -0.39 is 0 Å². The molecule has 0 aromatic carbocycles. The van der Waals surface area contributed by atoms with E-state index in [1.807, 2.05) is 0 Å². The number of thiazole rings is 1. The molecule has 0 unspecified atom stereocenters. The Morgan fingerprint density at radius 3 is 2.94 bits per heavy atom. The first kappa shape index (κ1) is 10.9. The number of hydrogen-bond acceptors (Lipinski definition) is 6. The van der Waals surface area contributed by atoms with Gasteiger partial charge >= 0.3 is 0 Å². The van der Waals surface area contributed by atoms with Gasteiger partial charge in [-0.2, -0.15) is 4.98 Å². The van der Waals surface area contributed by atoms with E-state index in [4.69, 9.17) is 10.3 Å². The summed E-state index contributed by atoms with van der Waals surface area (Å²) in [6.45, 7) is 0. The second kappa shape index (κ2) is 4.19. The zero-order chi connectivity index (χ0) is 11.7. The maximum atomic E-state index is 6.28. The second-order valence-corrected chi connectivity index (χ2v) is 5.51. The third-order valence-corrected chi connectivity index (χ3v) is 3.99. The van der Waals surface area contributed by atoms with Crippen molar-refractivity contribution in [3.63, 3.8) is 0 Å². The molecule has 0 saturated heterocycles. The van der Waals surface area contributed by atoms with Crippen molar-refractivity contribution in [2.24, 2.45) is 5.73 Å². The van der Waals surface area contributed by atoms with Crippen LogP contribution in [0.5, 0.6) is 0 Å². The first-order chi connectivity index (χ1) is 8.25. The minimum absolute atomic E-state index is 0.141. The molecule has 6 heteroatoms. The molecule has 17 heavy (non-hydrogen) atoms. The number of nitrogens with two attached hydrogens (primary N) is 1. The van der Waals surface area contributed by atoms with Crippen LogP contribution in [0.2, 0.25) is 0 Å². The Morgan fingerprint density at radius 2 is 2.24 bits per heavy atom. The molecule has 1 aliphatic rings. The Labute approximate surface area is 103 Å². The van der Waals surface area contributed by atoms with E-state index in [9.17, 15) is 0 Å². The van der Waals surface area contributed by atoms with Crippen LogP contribution >= 0.6 is 11.3 Å². The van der Waals surface area contributed by atoms with Gasteiger partial charge in [-0.1, -0.05) is 18.0 Å². The molecule has 0 spiro atoms. The molecule has 0 aliphatic heterocycles. The molecule has 0 amide bonds. The average molecular weight is 250 g/mol. The second-order valence-electron chi connectivity index (χ2n) is 4.62. The van der Waals surface area contributed by atoms with Crippen LogP contribution in [0.1, 0.15) is 31.6 Å². The van der Waals surface area contributed by atoms with Crippen molar-refractivity contribution in [3.05, 3.63) is 17.6 Å². The molecule has 0 atom stereocenters. The van der Waals surface area contributed by atoms with Crippen LogP contribution in [0.3, 0.4) is 0 Å². The van der Waals surface area contributed by atoms with E-state index in [0.29, 0.717) is 18.1 Å². The SMILES string of the molecule is NC1(Cc2nc(-c3cncs3)no2)CCCC1. The molecular weight excluding hydrogens is 236 g/mol. The summed E-state index contributed by atoms with van der Waals surface area (Å²) >= 11 is 1.50. The average Bonchev–Trinajstić information content (AvgIpc) is 2.98. The highest BCUT2D eigenvalue weighted by atomic mass is 32.1. The summed E-state index contributed by atoms with van der Waals surface area (Å²) in [4.78, 5) is 9.30. The third-order valence-electron chi connectivity index (χ3n) is 3.22. The zero-order valence-electron chi connectivity index (χ0n) is 9.43. The standard InChI is InChI=1S/C11H14N4OS/c12-11(3-1-2-4-11)5-9-14-10(15-16-9)8-6-13-7-17-8/h6-7H,1-5,12H2.